The monoisotopic (exact) mass is 544 g/mol. The van der Waals surface area contributed by atoms with Gasteiger partial charge in [0.25, 0.3) is 0 Å². The van der Waals surface area contributed by atoms with Crippen molar-refractivity contribution in [3.8, 4) is 33.4 Å². The minimum absolute atomic E-state index is 0.217. The Balaban J connectivity index is 1.55. The van der Waals surface area contributed by atoms with Gasteiger partial charge in [-0.1, -0.05) is 139 Å². The average molecular weight is 545 g/mol. The Labute approximate surface area is 254 Å². The molecule has 0 radical (unpaired) electrons. The summed E-state index contributed by atoms with van der Waals surface area (Å²) in [6, 6.07) is 29.0. The molecular formula is C40H24S. The zero-order chi connectivity index (χ0) is 33.9. The first kappa shape index (κ1) is 16.4. The highest BCUT2D eigenvalue weighted by atomic mass is 32.2. The van der Waals surface area contributed by atoms with Crippen LogP contribution in [0.2, 0.25) is 0 Å². The van der Waals surface area contributed by atoms with Gasteiger partial charge in [0.05, 0.1) is 11.0 Å². The van der Waals surface area contributed by atoms with Crippen LogP contribution < -0.4 is 0 Å². The molecule has 41 heavy (non-hydrogen) atoms. The third-order valence-corrected chi connectivity index (χ3v) is 9.22. The topological polar surface area (TPSA) is 0 Å². The SMILES string of the molecule is [2H]c1c([2H])c([2H])c2c(-c3ccc4c5c(cccc35)-c3ccccc3S4)c3c([2H])c([2H])c([2H])c([2H])c3c(-c3ccc4ccccc4c3)c2c1[2H]. The predicted molar refractivity (Wildman–Crippen MR) is 177 cm³/mol. The molecule has 8 aromatic rings. The van der Waals surface area contributed by atoms with E-state index in [9.17, 15) is 5.48 Å². The molecule has 0 fully saturated rings. The molecule has 0 aliphatic carbocycles. The molecule has 1 heteroatoms. The number of fused-ring (bicyclic) bond motifs is 5. The van der Waals surface area contributed by atoms with Gasteiger partial charge in [0, 0.05) is 15.2 Å². The lowest BCUT2D eigenvalue weighted by atomic mass is 9.84. The van der Waals surface area contributed by atoms with Crippen LogP contribution in [-0.2, 0) is 0 Å². The van der Waals surface area contributed by atoms with Crippen molar-refractivity contribution in [1.82, 2.24) is 0 Å². The Kier molecular flexibility index (Phi) is 3.54. The zero-order valence-corrected chi connectivity index (χ0v) is 22.5. The van der Waals surface area contributed by atoms with Crippen LogP contribution >= 0.6 is 11.8 Å². The first-order valence-corrected chi connectivity index (χ1v) is 14.3. The van der Waals surface area contributed by atoms with Crippen LogP contribution in [-0.4, -0.2) is 0 Å². The molecule has 0 atom stereocenters. The summed E-state index contributed by atoms with van der Waals surface area (Å²) in [5.41, 5.74) is 4.07. The van der Waals surface area contributed by atoms with E-state index >= 15 is 0 Å². The molecule has 8 aromatic carbocycles. The minimum atomic E-state index is -0.407. The second-order valence-corrected chi connectivity index (χ2v) is 11.3. The summed E-state index contributed by atoms with van der Waals surface area (Å²) in [5, 5.41) is 4.57. The Morgan fingerprint density at radius 1 is 0.439 bits per heavy atom. The molecule has 0 saturated carbocycles. The van der Waals surface area contributed by atoms with Crippen molar-refractivity contribution in [2.45, 2.75) is 9.79 Å². The number of rotatable bonds is 2. The number of benzene rings is 8. The van der Waals surface area contributed by atoms with E-state index in [1.807, 2.05) is 78.9 Å². The van der Waals surface area contributed by atoms with Gasteiger partial charge in [-0.2, -0.15) is 0 Å². The molecule has 0 unspecified atom stereocenters. The fourth-order valence-corrected chi connectivity index (χ4v) is 7.46. The summed E-state index contributed by atoms with van der Waals surface area (Å²) in [4.78, 5) is 2.17. The molecule has 0 nitrogen and oxygen atoms in total. The molecule has 190 valence electrons. The third-order valence-electron chi connectivity index (χ3n) is 8.08. The van der Waals surface area contributed by atoms with E-state index in [1.165, 1.54) is 0 Å². The number of hydrogen-bond acceptors (Lipinski definition) is 1. The molecule has 1 aliphatic rings. The van der Waals surface area contributed by atoms with E-state index in [4.69, 9.17) is 5.48 Å². The van der Waals surface area contributed by atoms with E-state index in [1.54, 1.807) is 11.8 Å². The van der Waals surface area contributed by atoms with Gasteiger partial charge in [0.15, 0.2) is 0 Å². The summed E-state index contributed by atoms with van der Waals surface area (Å²) >= 11 is 1.66. The van der Waals surface area contributed by atoms with Crippen LogP contribution in [0, 0.1) is 0 Å². The van der Waals surface area contributed by atoms with Crippen LogP contribution in [0.5, 0.6) is 0 Å². The molecule has 1 heterocycles. The van der Waals surface area contributed by atoms with Crippen LogP contribution in [0.1, 0.15) is 11.0 Å². The molecular weight excluding hydrogens is 513 g/mol. The van der Waals surface area contributed by atoms with E-state index in [0.717, 1.165) is 42.5 Å². The molecule has 0 aromatic heterocycles. The maximum atomic E-state index is 9.35. The first-order valence-electron chi connectivity index (χ1n) is 17.5. The molecule has 9 rings (SSSR count). The van der Waals surface area contributed by atoms with Gasteiger partial charge in [-0.15, -0.1) is 0 Å². The lowest BCUT2D eigenvalue weighted by molar-refractivity contribution is 1.40. The largest absolute Gasteiger partial charge is 0.0888 e. The Morgan fingerprint density at radius 3 is 1.88 bits per heavy atom. The fourth-order valence-electron chi connectivity index (χ4n) is 6.33. The Hall–Kier alpha value is -4.85. The van der Waals surface area contributed by atoms with Crippen LogP contribution in [0.15, 0.2) is 155 Å². The minimum Gasteiger partial charge on any atom is -0.0888 e. The normalized spacial score (nSPS) is 15.0. The highest BCUT2D eigenvalue weighted by molar-refractivity contribution is 7.99. The van der Waals surface area contributed by atoms with E-state index in [2.05, 4.69) is 18.2 Å². The van der Waals surface area contributed by atoms with Crippen molar-refractivity contribution in [3.63, 3.8) is 0 Å². The summed E-state index contributed by atoms with van der Waals surface area (Å²) in [6.07, 6.45) is 0. The standard InChI is InChI=1S/C40H24S/c1-2-11-26-24-27(21-20-25(26)10-1)38-30-13-3-5-15-32(30)39(33-16-6-4-14-31(33)38)35-22-23-37-40-29(17-9-18-34(35)40)28-12-7-8-19-36(28)41-37/h1-24H/i3D,4D,5D,6D,13D,14D,15D,16D. The van der Waals surface area contributed by atoms with Gasteiger partial charge >= 0.3 is 0 Å². The van der Waals surface area contributed by atoms with Gasteiger partial charge in [0.2, 0.25) is 0 Å². The lowest BCUT2D eigenvalue weighted by Gasteiger charge is -2.23. The molecule has 0 saturated heterocycles. The summed E-state index contributed by atoms with van der Waals surface area (Å²) in [7, 11) is 0. The maximum Gasteiger partial charge on any atom is 0.0629 e. The quantitative estimate of drug-likeness (QED) is 0.195. The molecule has 0 bridgehead atoms. The Bertz CT molecular complexity index is 2710. The maximum absolute atomic E-state index is 9.35. The van der Waals surface area contributed by atoms with Crippen molar-refractivity contribution < 1.29 is 11.0 Å². The van der Waals surface area contributed by atoms with Crippen molar-refractivity contribution in [2.24, 2.45) is 0 Å². The molecule has 0 N–H and O–H groups in total. The Morgan fingerprint density at radius 2 is 1.10 bits per heavy atom. The number of hydrogen-bond donors (Lipinski definition) is 0. The highest BCUT2D eigenvalue weighted by Gasteiger charge is 2.23. The van der Waals surface area contributed by atoms with Crippen molar-refractivity contribution in [3.05, 3.63) is 145 Å². The predicted octanol–water partition coefficient (Wildman–Crippen LogP) is 11.8. The smallest absolute Gasteiger partial charge is 0.0629 e. The van der Waals surface area contributed by atoms with E-state index in [0.29, 0.717) is 22.3 Å². The third kappa shape index (κ3) is 3.36. The van der Waals surface area contributed by atoms with Crippen LogP contribution in [0.25, 0.3) is 76.5 Å². The lowest BCUT2D eigenvalue weighted by Crippen LogP contribution is -1.95. The van der Waals surface area contributed by atoms with E-state index in [-0.39, 0.29) is 45.7 Å². The van der Waals surface area contributed by atoms with Gasteiger partial charge in [-0.3, -0.25) is 0 Å². The van der Waals surface area contributed by atoms with Gasteiger partial charge in [-0.25, -0.2) is 0 Å². The van der Waals surface area contributed by atoms with Gasteiger partial charge < -0.3 is 0 Å². The zero-order valence-electron chi connectivity index (χ0n) is 29.6. The fraction of sp³-hybridized carbons (Fsp3) is 0. The second kappa shape index (κ2) is 8.83. The van der Waals surface area contributed by atoms with Crippen molar-refractivity contribution in [2.75, 3.05) is 0 Å². The second-order valence-electron chi connectivity index (χ2n) is 10.2. The molecule has 0 spiro atoms. The summed E-state index contributed by atoms with van der Waals surface area (Å²) in [6.45, 7) is 0. The highest BCUT2D eigenvalue weighted by Crippen LogP contribution is 2.51. The van der Waals surface area contributed by atoms with Gasteiger partial charge in [-0.05, 0) is 89.3 Å². The van der Waals surface area contributed by atoms with Crippen LogP contribution in [0.3, 0.4) is 0 Å². The van der Waals surface area contributed by atoms with Gasteiger partial charge in [0.1, 0.15) is 0 Å². The first-order chi connectivity index (χ1) is 23.7. The van der Waals surface area contributed by atoms with Crippen LogP contribution in [0.4, 0.5) is 0 Å². The van der Waals surface area contributed by atoms with Crippen molar-refractivity contribution in [1.29, 1.82) is 0 Å². The summed E-state index contributed by atoms with van der Waals surface area (Å²) in [5.74, 6) is 0. The molecule has 1 aliphatic heterocycles. The van der Waals surface area contributed by atoms with E-state index < -0.39 is 24.2 Å². The van der Waals surface area contributed by atoms with Crippen molar-refractivity contribution >= 4 is 54.9 Å². The molecule has 0 amide bonds. The average Bonchev–Trinajstić information content (AvgIpc) is 3.13. The summed E-state index contributed by atoms with van der Waals surface area (Å²) < 4.78 is 72.4.